The maximum atomic E-state index is 12.4. The monoisotopic (exact) mass is 425 g/mol. The summed E-state index contributed by atoms with van der Waals surface area (Å²) < 4.78 is 32.9. The van der Waals surface area contributed by atoms with E-state index >= 15 is 0 Å². The zero-order valence-corrected chi connectivity index (χ0v) is 16.9. The summed E-state index contributed by atoms with van der Waals surface area (Å²) in [7, 11) is -3.71. The molecule has 0 aliphatic carbocycles. The number of nitriles is 1. The Hall–Kier alpha value is -3.34. The van der Waals surface area contributed by atoms with E-state index in [1.165, 1.54) is 12.3 Å². The standard InChI is InChI=1S/C21H16ClN3O3S/c1-15-13-19(28-21-17(14-23)3-2-11-24-21)8-9-20(15)25-29(26,27)12-10-16-4-6-18(22)7-5-16/h2-13,25H,1H3/b12-10+. The highest BCUT2D eigenvalue weighted by Crippen LogP contribution is 2.27. The first-order chi connectivity index (χ1) is 13.9. The van der Waals surface area contributed by atoms with E-state index in [0.29, 0.717) is 33.1 Å². The van der Waals surface area contributed by atoms with Crippen LogP contribution in [0, 0.1) is 18.3 Å². The number of sulfonamides is 1. The predicted octanol–water partition coefficient (Wildman–Crippen LogP) is 5.12. The highest BCUT2D eigenvalue weighted by atomic mass is 35.5. The number of hydrogen-bond donors (Lipinski definition) is 1. The fraction of sp³-hybridized carbons (Fsp3) is 0.0476. The molecule has 0 aliphatic rings. The van der Waals surface area contributed by atoms with Gasteiger partial charge in [0.1, 0.15) is 17.4 Å². The van der Waals surface area contributed by atoms with Crippen molar-refractivity contribution >= 4 is 33.4 Å². The van der Waals surface area contributed by atoms with Crippen molar-refractivity contribution in [3.8, 4) is 17.7 Å². The molecule has 0 radical (unpaired) electrons. The van der Waals surface area contributed by atoms with Crippen molar-refractivity contribution in [1.29, 1.82) is 5.26 Å². The molecule has 6 nitrogen and oxygen atoms in total. The van der Waals surface area contributed by atoms with Crippen molar-refractivity contribution < 1.29 is 13.2 Å². The maximum absolute atomic E-state index is 12.4. The van der Waals surface area contributed by atoms with E-state index in [0.717, 1.165) is 5.41 Å². The van der Waals surface area contributed by atoms with Gasteiger partial charge < -0.3 is 4.74 Å². The van der Waals surface area contributed by atoms with Crippen LogP contribution in [-0.4, -0.2) is 13.4 Å². The molecule has 0 spiro atoms. The lowest BCUT2D eigenvalue weighted by Crippen LogP contribution is -2.10. The molecule has 0 bridgehead atoms. The Labute approximate surface area is 174 Å². The molecule has 1 aromatic heterocycles. The number of benzene rings is 2. The summed E-state index contributed by atoms with van der Waals surface area (Å²) in [5.74, 6) is 0.631. The van der Waals surface area contributed by atoms with Crippen LogP contribution < -0.4 is 9.46 Å². The molecular weight excluding hydrogens is 410 g/mol. The van der Waals surface area contributed by atoms with Crippen molar-refractivity contribution in [1.82, 2.24) is 4.98 Å². The molecule has 3 aromatic rings. The second kappa shape index (κ2) is 8.78. The van der Waals surface area contributed by atoms with E-state index < -0.39 is 10.0 Å². The second-order valence-electron chi connectivity index (χ2n) is 6.05. The lowest BCUT2D eigenvalue weighted by atomic mass is 10.2. The van der Waals surface area contributed by atoms with Gasteiger partial charge in [-0.05, 0) is 66.6 Å². The number of aryl methyl sites for hydroxylation is 1. The van der Waals surface area contributed by atoms with Gasteiger partial charge in [-0.15, -0.1) is 0 Å². The van der Waals surface area contributed by atoms with Crippen molar-refractivity contribution in [2.24, 2.45) is 0 Å². The number of pyridine rings is 1. The van der Waals surface area contributed by atoms with Crippen LogP contribution in [0.3, 0.4) is 0 Å². The van der Waals surface area contributed by atoms with Crippen molar-refractivity contribution in [2.45, 2.75) is 6.92 Å². The molecule has 0 saturated heterocycles. The average Bonchev–Trinajstić information content (AvgIpc) is 2.70. The number of hydrogen-bond acceptors (Lipinski definition) is 5. The van der Waals surface area contributed by atoms with Crippen molar-refractivity contribution in [3.05, 3.63) is 87.9 Å². The predicted molar refractivity (Wildman–Crippen MR) is 113 cm³/mol. The van der Waals surface area contributed by atoms with Gasteiger partial charge in [0, 0.05) is 11.2 Å². The van der Waals surface area contributed by atoms with Gasteiger partial charge >= 0.3 is 0 Å². The first-order valence-electron chi connectivity index (χ1n) is 8.46. The Bertz CT molecular complexity index is 1200. The molecular formula is C21H16ClN3O3S. The zero-order valence-electron chi connectivity index (χ0n) is 15.3. The second-order valence-corrected chi connectivity index (χ2v) is 8.05. The number of anilines is 1. The minimum atomic E-state index is -3.71. The van der Waals surface area contributed by atoms with Gasteiger partial charge in [0.2, 0.25) is 5.88 Å². The fourth-order valence-electron chi connectivity index (χ4n) is 2.41. The van der Waals surface area contributed by atoms with Gasteiger partial charge in [0.25, 0.3) is 10.0 Å². The van der Waals surface area contributed by atoms with Gasteiger partial charge in [-0.2, -0.15) is 5.26 Å². The van der Waals surface area contributed by atoms with Crippen LogP contribution in [-0.2, 0) is 10.0 Å². The van der Waals surface area contributed by atoms with E-state index in [2.05, 4.69) is 9.71 Å². The van der Waals surface area contributed by atoms with Gasteiger partial charge in [-0.25, -0.2) is 13.4 Å². The third kappa shape index (κ3) is 5.57. The molecule has 146 valence electrons. The summed E-state index contributed by atoms with van der Waals surface area (Å²) in [5.41, 5.74) is 2.09. The third-order valence-corrected chi connectivity index (χ3v) is 5.12. The third-order valence-electron chi connectivity index (χ3n) is 3.87. The molecule has 2 aromatic carbocycles. The lowest BCUT2D eigenvalue weighted by Gasteiger charge is -2.11. The van der Waals surface area contributed by atoms with Gasteiger partial charge in [0.15, 0.2) is 0 Å². The van der Waals surface area contributed by atoms with Crippen LogP contribution in [0.25, 0.3) is 6.08 Å². The number of aromatic nitrogens is 1. The Kier molecular flexibility index (Phi) is 6.17. The molecule has 8 heteroatoms. The minimum absolute atomic E-state index is 0.189. The van der Waals surface area contributed by atoms with Crippen molar-refractivity contribution in [2.75, 3.05) is 4.72 Å². The first kappa shape index (κ1) is 20.4. The van der Waals surface area contributed by atoms with Crippen LogP contribution in [0.15, 0.2) is 66.2 Å². The Morgan fingerprint density at radius 1 is 1.17 bits per heavy atom. The Balaban J connectivity index is 1.74. The van der Waals surface area contributed by atoms with E-state index in [-0.39, 0.29) is 5.88 Å². The topological polar surface area (TPSA) is 92.1 Å². The molecule has 0 amide bonds. The Morgan fingerprint density at radius 3 is 2.62 bits per heavy atom. The molecule has 0 fully saturated rings. The highest BCUT2D eigenvalue weighted by molar-refractivity contribution is 7.95. The van der Waals surface area contributed by atoms with Gasteiger partial charge in [-0.1, -0.05) is 23.7 Å². The normalized spacial score (nSPS) is 11.2. The molecule has 0 saturated carbocycles. The minimum Gasteiger partial charge on any atom is -0.438 e. The van der Waals surface area contributed by atoms with E-state index in [1.807, 2.05) is 6.07 Å². The van der Waals surface area contributed by atoms with Crippen LogP contribution in [0.4, 0.5) is 5.69 Å². The number of rotatable bonds is 6. The molecule has 1 heterocycles. The molecule has 0 atom stereocenters. The largest absolute Gasteiger partial charge is 0.438 e. The van der Waals surface area contributed by atoms with Crippen LogP contribution in [0.2, 0.25) is 5.02 Å². The van der Waals surface area contributed by atoms with Crippen molar-refractivity contribution in [3.63, 3.8) is 0 Å². The summed E-state index contributed by atoms with van der Waals surface area (Å²) in [6.07, 6.45) is 3.01. The first-order valence-corrected chi connectivity index (χ1v) is 10.4. The van der Waals surface area contributed by atoms with E-state index in [4.69, 9.17) is 21.6 Å². The SMILES string of the molecule is Cc1cc(Oc2ncccc2C#N)ccc1NS(=O)(=O)/C=C/c1ccc(Cl)cc1. The van der Waals surface area contributed by atoms with Crippen LogP contribution >= 0.6 is 11.6 Å². The van der Waals surface area contributed by atoms with Gasteiger partial charge in [-0.3, -0.25) is 4.72 Å². The smallest absolute Gasteiger partial charge is 0.255 e. The van der Waals surface area contributed by atoms with Crippen LogP contribution in [0.1, 0.15) is 16.7 Å². The summed E-state index contributed by atoms with van der Waals surface area (Å²) in [6.45, 7) is 1.75. The molecule has 0 unspecified atom stereocenters. The zero-order chi connectivity index (χ0) is 20.9. The maximum Gasteiger partial charge on any atom is 0.255 e. The lowest BCUT2D eigenvalue weighted by molar-refractivity contribution is 0.461. The molecule has 0 aliphatic heterocycles. The fourth-order valence-corrected chi connectivity index (χ4v) is 3.48. The average molecular weight is 426 g/mol. The number of ether oxygens (including phenoxy) is 1. The molecule has 3 rings (SSSR count). The summed E-state index contributed by atoms with van der Waals surface area (Å²) in [5, 5.41) is 10.8. The summed E-state index contributed by atoms with van der Waals surface area (Å²) in [6, 6.07) is 16.9. The number of halogens is 1. The summed E-state index contributed by atoms with van der Waals surface area (Å²) >= 11 is 5.82. The Morgan fingerprint density at radius 2 is 1.93 bits per heavy atom. The van der Waals surface area contributed by atoms with Gasteiger partial charge in [0.05, 0.1) is 11.1 Å². The molecule has 1 N–H and O–H groups in total. The van der Waals surface area contributed by atoms with E-state index in [1.54, 1.807) is 61.5 Å². The number of nitrogens with zero attached hydrogens (tertiary/aromatic N) is 2. The van der Waals surface area contributed by atoms with E-state index in [9.17, 15) is 8.42 Å². The summed E-state index contributed by atoms with van der Waals surface area (Å²) in [4.78, 5) is 4.04. The highest BCUT2D eigenvalue weighted by Gasteiger charge is 2.11. The van der Waals surface area contributed by atoms with Crippen LogP contribution in [0.5, 0.6) is 11.6 Å². The number of nitrogens with one attached hydrogen (secondary N) is 1. The molecule has 29 heavy (non-hydrogen) atoms. The quantitative estimate of drug-likeness (QED) is 0.591.